The Kier molecular flexibility index (Phi) is 4.30. The van der Waals surface area contributed by atoms with Gasteiger partial charge in [-0.1, -0.05) is 30.3 Å². The molecule has 0 bridgehead atoms. The molecule has 1 fully saturated rings. The smallest absolute Gasteiger partial charge is 0.272 e. The van der Waals surface area contributed by atoms with E-state index in [-0.39, 0.29) is 22.8 Å². The maximum Gasteiger partial charge on any atom is 0.272 e. The zero-order chi connectivity index (χ0) is 16.4. The summed E-state index contributed by atoms with van der Waals surface area (Å²) in [5, 5.41) is 11.0. The highest BCUT2D eigenvalue weighted by atomic mass is 16.6. The Hall–Kier alpha value is -2.40. The van der Waals surface area contributed by atoms with Gasteiger partial charge in [0.05, 0.1) is 11.0 Å². The molecule has 1 saturated heterocycles. The van der Waals surface area contributed by atoms with Gasteiger partial charge >= 0.3 is 0 Å². The van der Waals surface area contributed by atoms with E-state index in [2.05, 4.69) is 24.0 Å². The first kappa shape index (κ1) is 15.5. The first-order chi connectivity index (χ1) is 11.0. The zero-order valence-corrected chi connectivity index (χ0v) is 13.3. The number of anilines is 1. The van der Waals surface area contributed by atoms with Crippen LogP contribution in [-0.4, -0.2) is 24.1 Å². The monoisotopic (exact) mass is 312 g/mol. The van der Waals surface area contributed by atoms with E-state index in [0.29, 0.717) is 5.56 Å². The molecule has 2 aromatic rings. The second kappa shape index (κ2) is 6.38. The molecule has 0 spiro atoms. The third-order valence-corrected chi connectivity index (χ3v) is 4.17. The van der Waals surface area contributed by atoms with Crippen LogP contribution in [0.1, 0.15) is 24.2 Å². The Morgan fingerprint density at radius 3 is 2.57 bits per heavy atom. The maximum absolute atomic E-state index is 11.0. The average Bonchev–Trinajstić information content (AvgIpc) is 2.54. The van der Waals surface area contributed by atoms with Crippen molar-refractivity contribution >= 4 is 11.4 Å². The molecule has 0 radical (unpaired) electrons. The Bertz CT molecular complexity index is 703. The molecule has 1 aliphatic rings. The molecule has 2 aromatic carbocycles. The quantitative estimate of drug-likeness (QED) is 0.637. The normalized spacial score (nSPS) is 21.2. The van der Waals surface area contributed by atoms with Crippen molar-refractivity contribution in [1.82, 2.24) is 0 Å². The van der Waals surface area contributed by atoms with Crippen molar-refractivity contribution in [1.29, 1.82) is 0 Å². The lowest BCUT2D eigenvalue weighted by Crippen LogP contribution is -2.42. The van der Waals surface area contributed by atoms with Gasteiger partial charge in [-0.05, 0) is 31.5 Å². The largest absolute Gasteiger partial charge is 0.367 e. The van der Waals surface area contributed by atoms with Gasteiger partial charge in [0.2, 0.25) is 0 Å². The number of morpholine rings is 1. The van der Waals surface area contributed by atoms with E-state index in [9.17, 15) is 10.1 Å². The topological polar surface area (TPSA) is 55.6 Å². The van der Waals surface area contributed by atoms with Gasteiger partial charge in [-0.3, -0.25) is 10.1 Å². The van der Waals surface area contributed by atoms with E-state index in [0.717, 1.165) is 24.3 Å². The molecule has 5 nitrogen and oxygen atoms in total. The zero-order valence-electron chi connectivity index (χ0n) is 13.3. The fourth-order valence-electron chi connectivity index (χ4n) is 3.06. The summed E-state index contributed by atoms with van der Waals surface area (Å²) < 4.78 is 6.07. The summed E-state index contributed by atoms with van der Waals surface area (Å²) in [5.41, 5.74) is 3.00. The summed E-state index contributed by atoms with van der Waals surface area (Å²) in [7, 11) is 0. The van der Waals surface area contributed by atoms with Crippen LogP contribution < -0.4 is 4.90 Å². The molecule has 0 N–H and O–H groups in total. The Morgan fingerprint density at radius 1 is 1.17 bits per heavy atom. The Labute approximate surface area is 135 Å². The average molecular weight is 312 g/mol. The van der Waals surface area contributed by atoms with E-state index in [1.54, 1.807) is 13.0 Å². The summed E-state index contributed by atoms with van der Waals surface area (Å²) in [5.74, 6) is 0. The molecule has 5 heteroatoms. The van der Waals surface area contributed by atoms with Crippen molar-refractivity contribution in [3.05, 3.63) is 69.8 Å². The molecule has 2 unspecified atom stereocenters. The Balaban J connectivity index is 1.85. The molecule has 23 heavy (non-hydrogen) atoms. The van der Waals surface area contributed by atoms with E-state index in [1.165, 1.54) is 0 Å². The van der Waals surface area contributed by atoms with Crippen molar-refractivity contribution in [3.63, 3.8) is 0 Å². The van der Waals surface area contributed by atoms with Gasteiger partial charge in [0, 0.05) is 30.4 Å². The lowest BCUT2D eigenvalue weighted by molar-refractivity contribution is -0.385. The SMILES string of the molecule is Cc1cc(N2CC(C)OC(c3ccccc3)C2)ccc1[N+](=O)[O-]. The van der Waals surface area contributed by atoms with E-state index < -0.39 is 0 Å². The van der Waals surface area contributed by atoms with Crippen LogP contribution in [0.5, 0.6) is 0 Å². The number of ether oxygens (including phenoxy) is 1. The van der Waals surface area contributed by atoms with E-state index >= 15 is 0 Å². The van der Waals surface area contributed by atoms with Crippen LogP contribution in [-0.2, 0) is 4.74 Å². The predicted octanol–water partition coefficient (Wildman–Crippen LogP) is 3.87. The summed E-state index contributed by atoms with van der Waals surface area (Å²) in [4.78, 5) is 12.9. The van der Waals surface area contributed by atoms with Crippen molar-refractivity contribution in [2.75, 3.05) is 18.0 Å². The molecule has 0 aromatic heterocycles. The minimum Gasteiger partial charge on any atom is -0.367 e. The van der Waals surface area contributed by atoms with E-state index in [4.69, 9.17) is 4.74 Å². The summed E-state index contributed by atoms with van der Waals surface area (Å²) >= 11 is 0. The maximum atomic E-state index is 11.0. The van der Waals surface area contributed by atoms with Crippen molar-refractivity contribution in [2.45, 2.75) is 26.1 Å². The van der Waals surface area contributed by atoms with Crippen molar-refractivity contribution in [2.24, 2.45) is 0 Å². The van der Waals surface area contributed by atoms with Gasteiger partial charge in [-0.15, -0.1) is 0 Å². The summed E-state index contributed by atoms with van der Waals surface area (Å²) in [6, 6.07) is 15.5. The van der Waals surface area contributed by atoms with E-state index in [1.807, 2.05) is 30.3 Å². The number of hydrogen-bond acceptors (Lipinski definition) is 4. The third kappa shape index (κ3) is 3.35. The Morgan fingerprint density at radius 2 is 1.91 bits per heavy atom. The van der Waals surface area contributed by atoms with Crippen molar-refractivity contribution < 1.29 is 9.66 Å². The summed E-state index contributed by atoms with van der Waals surface area (Å²) in [6.07, 6.45) is 0.111. The number of benzene rings is 2. The molecular formula is C18H20N2O3. The number of rotatable bonds is 3. The third-order valence-electron chi connectivity index (χ3n) is 4.17. The van der Waals surface area contributed by atoms with Crippen molar-refractivity contribution in [3.8, 4) is 0 Å². The molecule has 1 heterocycles. The van der Waals surface area contributed by atoms with Crippen LogP contribution in [0.15, 0.2) is 48.5 Å². The van der Waals surface area contributed by atoms with Crippen LogP contribution in [0.3, 0.4) is 0 Å². The number of aryl methyl sites for hydroxylation is 1. The minimum absolute atomic E-state index is 0.00967. The molecule has 120 valence electrons. The van der Waals surface area contributed by atoms with Gasteiger partial charge in [-0.25, -0.2) is 0 Å². The van der Waals surface area contributed by atoms with Crippen LogP contribution in [0.2, 0.25) is 0 Å². The highest BCUT2D eigenvalue weighted by Crippen LogP contribution is 2.31. The van der Waals surface area contributed by atoms with Gasteiger partial charge in [0.15, 0.2) is 0 Å². The fourth-order valence-corrected chi connectivity index (χ4v) is 3.06. The number of nitrogens with zero attached hydrogens (tertiary/aromatic N) is 2. The van der Waals surface area contributed by atoms with Crippen LogP contribution in [0.25, 0.3) is 0 Å². The lowest BCUT2D eigenvalue weighted by Gasteiger charge is -2.38. The standard InChI is InChI=1S/C18H20N2O3/c1-13-10-16(8-9-17(13)20(21)22)19-11-14(2)23-18(12-19)15-6-4-3-5-7-15/h3-10,14,18H,11-12H2,1-2H3. The fraction of sp³-hybridized carbons (Fsp3) is 0.333. The first-order valence-corrected chi connectivity index (χ1v) is 7.75. The molecule has 0 aliphatic carbocycles. The molecule has 0 saturated carbocycles. The van der Waals surface area contributed by atoms with Crippen LogP contribution in [0.4, 0.5) is 11.4 Å². The predicted molar refractivity (Wildman–Crippen MR) is 89.8 cm³/mol. The number of hydrogen-bond donors (Lipinski definition) is 0. The highest BCUT2D eigenvalue weighted by molar-refractivity contribution is 5.55. The van der Waals surface area contributed by atoms with Crippen LogP contribution >= 0.6 is 0 Å². The molecule has 0 amide bonds. The second-order valence-corrected chi connectivity index (χ2v) is 5.98. The molecule has 3 rings (SSSR count). The number of nitro groups is 1. The van der Waals surface area contributed by atoms with Gasteiger partial charge in [0.25, 0.3) is 5.69 Å². The molecular weight excluding hydrogens is 292 g/mol. The number of nitro benzene ring substituents is 1. The van der Waals surface area contributed by atoms with Gasteiger partial charge < -0.3 is 9.64 Å². The van der Waals surface area contributed by atoms with Crippen LogP contribution in [0, 0.1) is 17.0 Å². The lowest BCUT2D eigenvalue weighted by atomic mass is 10.1. The molecule has 2 atom stereocenters. The first-order valence-electron chi connectivity index (χ1n) is 7.75. The van der Waals surface area contributed by atoms with Gasteiger partial charge in [0.1, 0.15) is 6.10 Å². The highest BCUT2D eigenvalue weighted by Gasteiger charge is 2.27. The minimum atomic E-state index is -0.339. The summed E-state index contributed by atoms with van der Waals surface area (Å²) in [6.45, 7) is 5.35. The second-order valence-electron chi connectivity index (χ2n) is 5.98. The molecule has 1 aliphatic heterocycles. The van der Waals surface area contributed by atoms with Gasteiger partial charge in [-0.2, -0.15) is 0 Å².